The third kappa shape index (κ3) is 2.77. The Kier molecular flexibility index (Phi) is 3.92. The lowest BCUT2D eigenvalue weighted by Gasteiger charge is -2.15. The summed E-state index contributed by atoms with van der Waals surface area (Å²) in [6.07, 6.45) is 4.01. The van der Waals surface area contributed by atoms with Crippen molar-refractivity contribution in [2.45, 2.75) is 6.04 Å². The minimum absolute atomic E-state index is 0.154. The molecule has 3 aromatic rings. The fourth-order valence-corrected chi connectivity index (χ4v) is 2.66. The number of benzene rings is 2. The lowest BCUT2D eigenvalue weighted by Crippen LogP contribution is -2.43. The van der Waals surface area contributed by atoms with Crippen LogP contribution in [0.25, 0.3) is 6.08 Å². The summed E-state index contributed by atoms with van der Waals surface area (Å²) in [5, 5.41) is 0. The first-order valence-electron chi connectivity index (χ1n) is 7.12. The molecule has 0 bridgehead atoms. The molecular formula is C20H18N+. The summed E-state index contributed by atoms with van der Waals surface area (Å²) in [5.41, 5.74) is 3.64. The Morgan fingerprint density at radius 3 is 1.76 bits per heavy atom. The second kappa shape index (κ2) is 6.19. The van der Waals surface area contributed by atoms with Crippen LogP contribution in [0.5, 0.6) is 0 Å². The maximum absolute atomic E-state index is 3.94. The van der Waals surface area contributed by atoms with E-state index >= 15 is 0 Å². The molecule has 0 atom stereocenters. The second-order valence-electron chi connectivity index (χ2n) is 4.96. The van der Waals surface area contributed by atoms with Crippen LogP contribution in [-0.2, 0) is 0 Å². The molecule has 0 saturated carbocycles. The maximum atomic E-state index is 3.94. The van der Waals surface area contributed by atoms with Crippen LogP contribution in [0.1, 0.15) is 22.9 Å². The zero-order chi connectivity index (χ0) is 14.5. The van der Waals surface area contributed by atoms with Gasteiger partial charge in [0, 0.05) is 29.3 Å². The van der Waals surface area contributed by atoms with Gasteiger partial charge in [0.15, 0.2) is 6.20 Å². The zero-order valence-corrected chi connectivity index (χ0v) is 11.9. The minimum Gasteiger partial charge on any atom is -0.187 e. The largest absolute Gasteiger partial charge is 0.209 e. The topological polar surface area (TPSA) is 3.88 Å². The van der Waals surface area contributed by atoms with Crippen LogP contribution in [0.4, 0.5) is 0 Å². The molecular weight excluding hydrogens is 254 g/mol. The van der Waals surface area contributed by atoms with Crippen molar-refractivity contribution >= 4 is 6.08 Å². The number of pyridine rings is 1. The Morgan fingerprint density at radius 2 is 1.24 bits per heavy atom. The first-order chi connectivity index (χ1) is 10.4. The van der Waals surface area contributed by atoms with Crippen molar-refractivity contribution in [3.63, 3.8) is 0 Å². The first kappa shape index (κ1) is 13.3. The van der Waals surface area contributed by atoms with Crippen molar-refractivity contribution < 1.29 is 4.57 Å². The van der Waals surface area contributed by atoms with Gasteiger partial charge >= 0.3 is 0 Å². The molecule has 21 heavy (non-hydrogen) atoms. The average molecular weight is 272 g/mol. The lowest BCUT2D eigenvalue weighted by atomic mass is 9.98. The van der Waals surface area contributed by atoms with Crippen molar-refractivity contribution in [1.29, 1.82) is 0 Å². The van der Waals surface area contributed by atoms with Crippen LogP contribution in [0.3, 0.4) is 0 Å². The van der Waals surface area contributed by atoms with Gasteiger partial charge in [0.2, 0.25) is 11.7 Å². The van der Waals surface area contributed by atoms with Crippen LogP contribution >= 0.6 is 0 Å². The number of hydrogen-bond donors (Lipinski definition) is 0. The predicted octanol–water partition coefficient (Wildman–Crippen LogP) is 4.25. The molecule has 0 fully saturated rings. The maximum Gasteiger partial charge on any atom is 0.209 e. The predicted molar refractivity (Wildman–Crippen MR) is 86.9 cm³/mol. The van der Waals surface area contributed by atoms with Crippen molar-refractivity contribution in [3.05, 3.63) is 108 Å². The summed E-state index contributed by atoms with van der Waals surface area (Å²) in [5.74, 6) is 0. The molecule has 0 radical (unpaired) electrons. The summed E-state index contributed by atoms with van der Waals surface area (Å²) in [4.78, 5) is 0. The van der Waals surface area contributed by atoms with E-state index in [2.05, 4.69) is 90.1 Å². The van der Waals surface area contributed by atoms with Gasteiger partial charge in [-0.3, -0.25) is 0 Å². The van der Waals surface area contributed by atoms with Gasteiger partial charge in [0.25, 0.3) is 0 Å². The highest BCUT2D eigenvalue weighted by Gasteiger charge is 2.24. The highest BCUT2D eigenvalue weighted by molar-refractivity contribution is 5.38. The van der Waals surface area contributed by atoms with Crippen LogP contribution in [0.15, 0.2) is 91.6 Å². The second-order valence-corrected chi connectivity index (χ2v) is 4.96. The Labute approximate surface area is 125 Å². The average Bonchev–Trinajstić information content (AvgIpc) is 2.58. The van der Waals surface area contributed by atoms with Crippen LogP contribution in [-0.4, -0.2) is 0 Å². The van der Waals surface area contributed by atoms with E-state index in [1.54, 1.807) is 0 Å². The molecule has 1 heterocycles. The normalized spacial score (nSPS) is 10.5. The molecule has 0 amide bonds. The monoisotopic (exact) mass is 272 g/mol. The summed E-state index contributed by atoms with van der Waals surface area (Å²) in [6.45, 7) is 3.94. The minimum atomic E-state index is 0.154. The molecule has 0 aliphatic carbocycles. The summed E-state index contributed by atoms with van der Waals surface area (Å²) >= 11 is 0. The van der Waals surface area contributed by atoms with Gasteiger partial charge in [-0.05, 0) is 6.07 Å². The van der Waals surface area contributed by atoms with Gasteiger partial charge in [-0.1, -0.05) is 67.2 Å². The molecule has 1 heteroatoms. The Hall–Kier alpha value is -2.67. The van der Waals surface area contributed by atoms with Gasteiger partial charge in [0.1, 0.15) is 0 Å². The van der Waals surface area contributed by atoms with Crippen molar-refractivity contribution in [1.82, 2.24) is 0 Å². The summed E-state index contributed by atoms with van der Waals surface area (Å²) in [7, 11) is 0. The highest BCUT2D eigenvalue weighted by Crippen LogP contribution is 2.22. The van der Waals surface area contributed by atoms with E-state index in [4.69, 9.17) is 0 Å². The third-order valence-electron chi connectivity index (χ3n) is 3.64. The SMILES string of the molecule is C=Cc1cccc[n+]1C(c1ccccc1)c1ccccc1. The van der Waals surface area contributed by atoms with E-state index in [-0.39, 0.29) is 6.04 Å². The van der Waals surface area contributed by atoms with E-state index in [0.29, 0.717) is 0 Å². The molecule has 0 N–H and O–H groups in total. The number of rotatable bonds is 4. The molecule has 0 unspecified atom stereocenters. The van der Waals surface area contributed by atoms with E-state index < -0.39 is 0 Å². The Balaban J connectivity index is 2.20. The third-order valence-corrected chi connectivity index (χ3v) is 3.64. The molecule has 1 aromatic heterocycles. The molecule has 1 nitrogen and oxygen atoms in total. The lowest BCUT2D eigenvalue weighted by molar-refractivity contribution is -0.706. The number of nitrogens with zero attached hydrogens (tertiary/aromatic N) is 1. The summed E-state index contributed by atoms with van der Waals surface area (Å²) < 4.78 is 2.26. The van der Waals surface area contributed by atoms with E-state index in [1.165, 1.54) is 11.1 Å². The standard InChI is InChI=1S/C20H18N/c1-2-19-15-9-10-16-21(19)20(17-11-5-3-6-12-17)18-13-7-4-8-14-18/h2-16,20H,1H2/q+1. The van der Waals surface area contributed by atoms with Crippen LogP contribution in [0, 0.1) is 0 Å². The van der Waals surface area contributed by atoms with E-state index in [9.17, 15) is 0 Å². The van der Waals surface area contributed by atoms with Gasteiger partial charge in [-0.2, -0.15) is 4.57 Å². The molecule has 0 spiro atoms. The smallest absolute Gasteiger partial charge is 0.187 e. The van der Waals surface area contributed by atoms with Crippen LogP contribution < -0.4 is 4.57 Å². The number of hydrogen-bond acceptors (Lipinski definition) is 0. The quantitative estimate of drug-likeness (QED) is 0.625. The van der Waals surface area contributed by atoms with Crippen molar-refractivity contribution in [2.24, 2.45) is 0 Å². The van der Waals surface area contributed by atoms with Crippen molar-refractivity contribution in [3.8, 4) is 0 Å². The zero-order valence-electron chi connectivity index (χ0n) is 11.9. The molecule has 0 aliphatic heterocycles. The highest BCUT2D eigenvalue weighted by atomic mass is 15.0. The Morgan fingerprint density at radius 1 is 0.714 bits per heavy atom. The fourth-order valence-electron chi connectivity index (χ4n) is 2.66. The Bertz CT molecular complexity index is 678. The van der Waals surface area contributed by atoms with Gasteiger partial charge in [0.05, 0.1) is 0 Å². The summed E-state index contributed by atoms with van der Waals surface area (Å²) in [6, 6.07) is 27.5. The number of aromatic nitrogens is 1. The van der Waals surface area contributed by atoms with Gasteiger partial charge in [-0.25, -0.2) is 0 Å². The fraction of sp³-hybridized carbons (Fsp3) is 0.0500. The molecule has 3 rings (SSSR count). The first-order valence-corrected chi connectivity index (χ1v) is 7.12. The van der Waals surface area contributed by atoms with E-state index in [1.807, 2.05) is 12.1 Å². The molecule has 0 aliphatic rings. The van der Waals surface area contributed by atoms with Crippen molar-refractivity contribution in [2.75, 3.05) is 0 Å². The van der Waals surface area contributed by atoms with E-state index in [0.717, 1.165) is 5.69 Å². The molecule has 0 saturated heterocycles. The van der Waals surface area contributed by atoms with Gasteiger partial charge < -0.3 is 0 Å². The molecule has 102 valence electrons. The van der Waals surface area contributed by atoms with Crippen LogP contribution in [0.2, 0.25) is 0 Å². The molecule has 2 aromatic carbocycles. The van der Waals surface area contributed by atoms with Gasteiger partial charge in [-0.15, -0.1) is 0 Å².